The number of nitrogens with one attached hydrogen (secondary N) is 1. The number of fused-ring (bicyclic) bond motifs is 1. The molecule has 0 amide bonds. The lowest BCUT2D eigenvalue weighted by Crippen LogP contribution is -2.18. The van der Waals surface area contributed by atoms with Gasteiger partial charge in [-0.05, 0) is 37.2 Å². The first-order chi connectivity index (χ1) is 9.29. The van der Waals surface area contributed by atoms with E-state index in [2.05, 4.69) is 21.3 Å². The fourth-order valence-electron chi connectivity index (χ4n) is 2.57. The Morgan fingerprint density at radius 3 is 3.11 bits per heavy atom. The second-order valence-corrected chi connectivity index (χ2v) is 4.69. The molecule has 1 N–H and O–H groups in total. The van der Waals surface area contributed by atoms with Crippen LogP contribution in [0.15, 0.2) is 36.5 Å². The molecule has 0 aliphatic carbocycles. The third-order valence-corrected chi connectivity index (χ3v) is 3.43. The van der Waals surface area contributed by atoms with E-state index in [0.717, 1.165) is 36.6 Å². The van der Waals surface area contributed by atoms with E-state index in [1.54, 1.807) is 12.3 Å². The Bertz CT molecular complexity index is 598. The van der Waals surface area contributed by atoms with Crippen LogP contribution in [-0.4, -0.2) is 18.6 Å². The van der Waals surface area contributed by atoms with Gasteiger partial charge in [-0.25, -0.2) is 9.37 Å². The zero-order chi connectivity index (χ0) is 13.2. The van der Waals surface area contributed by atoms with Crippen LogP contribution in [0, 0.1) is 5.82 Å². The van der Waals surface area contributed by atoms with E-state index < -0.39 is 0 Å². The molecule has 4 heteroatoms. The van der Waals surface area contributed by atoms with Crippen molar-refractivity contribution >= 4 is 11.5 Å². The molecule has 3 rings (SSSR count). The smallest absolute Gasteiger partial charge is 0.137 e. The minimum absolute atomic E-state index is 0.197. The predicted molar refractivity (Wildman–Crippen MR) is 74.1 cm³/mol. The number of halogens is 1. The van der Waals surface area contributed by atoms with Gasteiger partial charge >= 0.3 is 0 Å². The number of nitrogens with zero attached hydrogens (tertiary/aromatic N) is 2. The summed E-state index contributed by atoms with van der Waals surface area (Å²) in [7, 11) is 1.91. The van der Waals surface area contributed by atoms with Crippen molar-refractivity contribution in [3.63, 3.8) is 0 Å². The topological polar surface area (TPSA) is 28.2 Å². The highest BCUT2D eigenvalue weighted by molar-refractivity contribution is 5.69. The molecule has 0 bridgehead atoms. The van der Waals surface area contributed by atoms with E-state index in [4.69, 9.17) is 0 Å². The molecule has 0 radical (unpaired) electrons. The molecule has 1 aromatic heterocycles. The summed E-state index contributed by atoms with van der Waals surface area (Å²) in [6.07, 6.45) is 2.72. The number of rotatable bonds is 3. The Labute approximate surface area is 112 Å². The molecule has 0 atom stereocenters. The van der Waals surface area contributed by atoms with E-state index in [0.29, 0.717) is 0 Å². The molecule has 3 nitrogen and oxygen atoms in total. The predicted octanol–water partition coefficient (Wildman–Crippen LogP) is 2.63. The van der Waals surface area contributed by atoms with Gasteiger partial charge in [0.2, 0.25) is 0 Å². The van der Waals surface area contributed by atoms with Gasteiger partial charge in [-0.3, -0.25) is 0 Å². The zero-order valence-electron chi connectivity index (χ0n) is 10.9. The third-order valence-electron chi connectivity index (χ3n) is 3.43. The molecule has 2 aromatic rings. The number of anilines is 2. The fourth-order valence-corrected chi connectivity index (χ4v) is 2.57. The van der Waals surface area contributed by atoms with Crippen molar-refractivity contribution in [3.05, 3.63) is 53.5 Å². The van der Waals surface area contributed by atoms with E-state index in [1.807, 2.05) is 19.2 Å². The van der Waals surface area contributed by atoms with Crippen LogP contribution in [0.2, 0.25) is 0 Å². The molecule has 1 aromatic carbocycles. The van der Waals surface area contributed by atoms with Gasteiger partial charge in [0.1, 0.15) is 11.6 Å². The van der Waals surface area contributed by atoms with Crippen molar-refractivity contribution in [1.82, 2.24) is 10.3 Å². The van der Waals surface area contributed by atoms with Gasteiger partial charge in [0.25, 0.3) is 0 Å². The van der Waals surface area contributed by atoms with E-state index in [9.17, 15) is 4.39 Å². The van der Waals surface area contributed by atoms with Crippen molar-refractivity contribution in [1.29, 1.82) is 0 Å². The number of pyridine rings is 1. The van der Waals surface area contributed by atoms with E-state index in [-0.39, 0.29) is 5.82 Å². The van der Waals surface area contributed by atoms with Crippen LogP contribution < -0.4 is 10.2 Å². The first-order valence-electron chi connectivity index (χ1n) is 6.44. The van der Waals surface area contributed by atoms with E-state index >= 15 is 0 Å². The average Bonchev–Trinajstić information content (AvgIpc) is 2.82. The molecule has 19 heavy (non-hydrogen) atoms. The first kappa shape index (κ1) is 12.1. The first-order valence-corrected chi connectivity index (χ1v) is 6.44. The van der Waals surface area contributed by atoms with Gasteiger partial charge in [0.05, 0.1) is 0 Å². The third kappa shape index (κ3) is 2.19. The number of benzene rings is 1. The summed E-state index contributed by atoms with van der Waals surface area (Å²) in [5.41, 5.74) is 3.25. The Hall–Kier alpha value is -1.94. The van der Waals surface area contributed by atoms with Crippen molar-refractivity contribution < 1.29 is 4.39 Å². The van der Waals surface area contributed by atoms with Gasteiger partial charge < -0.3 is 10.2 Å². The van der Waals surface area contributed by atoms with Crippen molar-refractivity contribution in [2.24, 2.45) is 0 Å². The Kier molecular flexibility index (Phi) is 3.17. The standard InChI is InChI=1S/C15H16FN3/c1-17-10-12-3-2-7-18-15(12)19-8-6-11-4-5-13(16)9-14(11)19/h2-5,7,9,17H,6,8,10H2,1H3. The van der Waals surface area contributed by atoms with Gasteiger partial charge in [0, 0.05) is 30.5 Å². The minimum atomic E-state index is -0.197. The lowest BCUT2D eigenvalue weighted by atomic mass is 10.1. The van der Waals surface area contributed by atoms with Crippen molar-refractivity contribution in [3.8, 4) is 0 Å². The molecule has 0 spiro atoms. The highest BCUT2D eigenvalue weighted by Gasteiger charge is 2.23. The highest BCUT2D eigenvalue weighted by Crippen LogP contribution is 2.35. The van der Waals surface area contributed by atoms with Gasteiger partial charge in [0.15, 0.2) is 0 Å². The maximum absolute atomic E-state index is 13.4. The SMILES string of the molecule is CNCc1cccnc1N1CCc2ccc(F)cc21. The van der Waals surface area contributed by atoms with Gasteiger partial charge in [-0.2, -0.15) is 0 Å². The molecule has 0 fully saturated rings. The largest absolute Gasteiger partial charge is 0.325 e. The van der Waals surface area contributed by atoms with Crippen molar-refractivity contribution in [2.45, 2.75) is 13.0 Å². The maximum Gasteiger partial charge on any atom is 0.137 e. The Morgan fingerprint density at radius 1 is 1.37 bits per heavy atom. The lowest BCUT2D eigenvalue weighted by molar-refractivity contribution is 0.628. The maximum atomic E-state index is 13.4. The molecule has 1 aliphatic rings. The second-order valence-electron chi connectivity index (χ2n) is 4.69. The zero-order valence-corrected chi connectivity index (χ0v) is 10.9. The molecule has 98 valence electrons. The molecule has 1 aliphatic heterocycles. The average molecular weight is 257 g/mol. The molecule has 0 saturated carbocycles. The summed E-state index contributed by atoms with van der Waals surface area (Å²) in [4.78, 5) is 6.57. The van der Waals surface area contributed by atoms with Crippen LogP contribution in [0.5, 0.6) is 0 Å². The summed E-state index contributed by atoms with van der Waals surface area (Å²) in [5.74, 6) is 0.720. The summed E-state index contributed by atoms with van der Waals surface area (Å²) in [6.45, 7) is 1.61. The van der Waals surface area contributed by atoms with Crippen LogP contribution in [0.25, 0.3) is 0 Å². The second kappa shape index (κ2) is 4.97. The van der Waals surface area contributed by atoms with Crippen LogP contribution in [0.4, 0.5) is 15.9 Å². The van der Waals surface area contributed by atoms with Crippen LogP contribution in [-0.2, 0) is 13.0 Å². The number of hydrogen-bond acceptors (Lipinski definition) is 3. The summed E-state index contributed by atoms with van der Waals surface area (Å²) >= 11 is 0. The molecule has 0 unspecified atom stereocenters. The fraction of sp³-hybridized carbons (Fsp3) is 0.267. The number of aromatic nitrogens is 1. The summed E-state index contributed by atoms with van der Waals surface area (Å²) < 4.78 is 13.4. The van der Waals surface area contributed by atoms with E-state index in [1.165, 1.54) is 11.6 Å². The molecule has 2 heterocycles. The molecule has 0 saturated heterocycles. The van der Waals surface area contributed by atoms with Crippen LogP contribution in [0.3, 0.4) is 0 Å². The highest BCUT2D eigenvalue weighted by atomic mass is 19.1. The van der Waals surface area contributed by atoms with Crippen LogP contribution >= 0.6 is 0 Å². The summed E-state index contributed by atoms with van der Waals surface area (Å²) in [5, 5.41) is 3.14. The quantitative estimate of drug-likeness (QED) is 0.916. The van der Waals surface area contributed by atoms with Crippen LogP contribution in [0.1, 0.15) is 11.1 Å². The number of hydrogen-bond donors (Lipinski definition) is 1. The lowest BCUT2D eigenvalue weighted by Gasteiger charge is -2.21. The molecular formula is C15H16FN3. The minimum Gasteiger partial charge on any atom is -0.325 e. The Balaban J connectivity index is 2.04. The normalized spacial score (nSPS) is 13.7. The monoisotopic (exact) mass is 257 g/mol. The summed E-state index contributed by atoms with van der Waals surface area (Å²) in [6, 6.07) is 8.97. The van der Waals surface area contributed by atoms with Gasteiger partial charge in [-0.15, -0.1) is 0 Å². The van der Waals surface area contributed by atoms with Crippen molar-refractivity contribution in [2.75, 3.05) is 18.5 Å². The Morgan fingerprint density at radius 2 is 2.26 bits per heavy atom. The molecular weight excluding hydrogens is 241 g/mol. The van der Waals surface area contributed by atoms with Gasteiger partial charge in [-0.1, -0.05) is 12.1 Å².